The van der Waals surface area contributed by atoms with Gasteiger partial charge in [-0.2, -0.15) is 4.98 Å². The Hall–Kier alpha value is -3.99. The lowest BCUT2D eigenvalue weighted by Gasteiger charge is -2.11. The molecule has 0 saturated heterocycles. The molecule has 0 spiro atoms. The normalized spacial score (nSPS) is 11.1. The summed E-state index contributed by atoms with van der Waals surface area (Å²) < 4.78 is 5.86. The number of aromatic nitrogens is 2. The number of pyridine rings is 1. The maximum absolute atomic E-state index is 13.1. The molecule has 0 radical (unpaired) electrons. The number of rotatable bonds is 3. The molecule has 1 N–H and O–H groups in total. The number of nitrogens with zero attached hydrogens (tertiary/aromatic N) is 2. The largest absolute Gasteiger partial charge is 0.434 e. The van der Waals surface area contributed by atoms with Crippen LogP contribution < -0.4 is 5.32 Å². The second-order valence-electron chi connectivity index (χ2n) is 7.30. The lowest BCUT2D eigenvalue weighted by Crippen LogP contribution is -2.12. The fraction of sp³-hybridized carbons (Fsp3) is 0.0800. The summed E-state index contributed by atoms with van der Waals surface area (Å²) in [5, 5.41) is 5.03. The van der Waals surface area contributed by atoms with Crippen molar-refractivity contribution >= 4 is 33.6 Å². The first-order valence-corrected chi connectivity index (χ1v) is 9.72. The first-order chi connectivity index (χ1) is 14.6. The van der Waals surface area contributed by atoms with E-state index in [-0.39, 0.29) is 5.91 Å². The fourth-order valence-electron chi connectivity index (χ4n) is 3.66. The number of oxazole rings is 1. The zero-order chi connectivity index (χ0) is 20.7. The van der Waals surface area contributed by atoms with Gasteiger partial charge >= 0.3 is 0 Å². The summed E-state index contributed by atoms with van der Waals surface area (Å²) in [5.74, 6) is 0.332. The fourth-order valence-corrected chi connectivity index (χ4v) is 3.66. The van der Waals surface area contributed by atoms with Crippen LogP contribution in [0.5, 0.6) is 0 Å². The summed E-state index contributed by atoms with van der Waals surface area (Å²) in [6.45, 7) is 4.03. The van der Waals surface area contributed by atoms with Crippen LogP contribution in [-0.2, 0) is 0 Å². The highest BCUT2D eigenvalue weighted by Crippen LogP contribution is 2.29. The minimum absolute atomic E-state index is 0.153. The number of aryl methyl sites for hydroxylation is 2. The summed E-state index contributed by atoms with van der Waals surface area (Å²) in [6.07, 6.45) is 1.68. The number of carbonyl (C=O) groups is 1. The second-order valence-corrected chi connectivity index (χ2v) is 7.30. The molecule has 5 nitrogen and oxygen atoms in total. The Morgan fingerprint density at radius 3 is 2.53 bits per heavy atom. The molecular formula is C25H19N3O2. The van der Waals surface area contributed by atoms with Gasteiger partial charge in [0.05, 0.1) is 0 Å². The van der Waals surface area contributed by atoms with Gasteiger partial charge in [-0.25, -0.2) is 4.98 Å². The molecule has 5 aromatic rings. The highest BCUT2D eigenvalue weighted by atomic mass is 16.3. The van der Waals surface area contributed by atoms with Crippen molar-refractivity contribution in [2.75, 3.05) is 5.32 Å². The number of hydrogen-bond acceptors (Lipinski definition) is 4. The van der Waals surface area contributed by atoms with Gasteiger partial charge < -0.3 is 9.73 Å². The van der Waals surface area contributed by atoms with E-state index in [1.54, 1.807) is 6.20 Å². The molecule has 1 amide bonds. The molecule has 2 heterocycles. The van der Waals surface area contributed by atoms with E-state index in [0.717, 1.165) is 27.5 Å². The van der Waals surface area contributed by atoms with Gasteiger partial charge in [0, 0.05) is 23.0 Å². The van der Waals surface area contributed by atoms with Crippen LogP contribution in [0.3, 0.4) is 0 Å². The van der Waals surface area contributed by atoms with Crippen LogP contribution in [0.1, 0.15) is 21.5 Å². The topological polar surface area (TPSA) is 68.0 Å². The van der Waals surface area contributed by atoms with Crippen molar-refractivity contribution in [3.05, 3.63) is 89.6 Å². The van der Waals surface area contributed by atoms with Crippen LogP contribution >= 0.6 is 0 Å². The zero-order valence-corrected chi connectivity index (χ0v) is 16.6. The third-order valence-corrected chi connectivity index (χ3v) is 5.28. The number of nitrogens with one attached hydrogen (secondary N) is 1. The molecule has 0 atom stereocenters. The third kappa shape index (κ3) is 3.10. The van der Waals surface area contributed by atoms with Crippen molar-refractivity contribution in [2.45, 2.75) is 13.8 Å². The number of anilines is 1. The SMILES string of the molecule is Cc1ccc(NC(=O)c2ccc(C)c3ccccc23)cc1-c1nc2ncccc2o1. The van der Waals surface area contributed by atoms with E-state index in [1.165, 1.54) is 0 Å². The van der Waals surface area contributed by atoms with Gasteiger partial charge in [0.2, 0.25) is 5.89 Å². The Balaban J connectivity index is 1.51. The monoisotopic (exact) mass is 393 g/mol. The van der Waals surface area contributed by atoms with Crippen LogP contribution in [0, 0.1) is 13.8 Å². The van der Waals surface area contributed by atoms with Crippen molar-refractivity contribution in [2.24, 2.45) is 0 Å². The van der Waals surface area contributed by atoms with Gasteiger partial charge in [0.1, 0.15) is 0 Å². The lowest BCUT2D eigenvalue weighted by molar-refractivity contribution is 0.102. The average molecular weight is 393 g/mol. The molecular weight excluding hydrogens is 374 g/mol. The van der Waals surface area contributed by atoms with Gasteiger partial charge in [0.25, 0.3) is 5.91 Å². The minimum atomic E-state index is -0.153. The van der Waals surface area contributed by atoms with E-state index < -0.39 is 0 Å². The molecule has 2 aromatic heterocycles. The molecule has 0 fully saturated rings. The molecule has 30 heavy (non-hydrogen) atoms. The third-order valence-electron chi connectivity index (χ3n) is 5.28. The lowest BCUT2D eigenvalue weighted by atomic mass is 9.99. The quantitative estimate of drug-likeness (QED) is 0.414. The maximum atomic E-state index is 13.1. The van der Waals surface area contributed by atoms with E-state index in [1.807, 2.05) is 80.6 Å². The van der Waals surface area contributed by atoms with Gasteiger partial charge in [-0.1, -0.05) is 36.4 Å². The van der Waals surface area contributed by atoms with Gasteiger partial charge in [-0.3, -0.25) is 4.79 Å². The Morgan fingerprint density at radius 1 is 0.900 bits per heavy atom. The van der Waals surface area contributed by atoms with Crippen LogP contribution in [0.4, 0.5) is 5.69 Å². The minimum Gasteiger partial charge on any atom is -0.434 e. The van der Waals surface area contributed by atoms with Crippen LogP contribution in [0.25, 0.3) is 33.5 Å². The molecule has 0 bridgehead atoms. The van der Waals surface area contributed by atoms with Crippen LogP contribution in [-0.4, -0.2) is 15.9 Å². The van der Waals surface area contributed by atoms with E-state index in [2.05, 4.69) is 15.3 Å². The first-order valence-electron chi connectivity index (χ1n) is 9.72. The number of carbonyl (C=O) groups excluding carboxylic acids is 1. The summed E-state index contributed by atoms with van der Waals surface area (Å²) in [4.78, 5) is 21.8. The van der Waals surface area contributed by atoms with Crippen molar-refractivity contribution in [1.82, 2.24) is 9.97 Å². The van der Waals surface area contributed by atoms with E-state index >= 15 is 0 Å². The molecule has 5 heteroatoms. The summed E-state index contributed by atoms with van der Waals surface area (Å²) in [6, 6.07) is 21.1. The number of benzene rings is 3. The Labute approximate surface area is 173 Å². The summed E-state index contributed by atoms with van der Waals surface area (Å²) >= 11 is 0. The molecule has 0 aliphatic rings. The highest BCUT2D eigenvalue weighted by molar-refractivity contribution is 6.13. The number of fused-ring (bicyclic) bond motifs is 2. The molecule has 0 saturated carbocycles. The van der Waals surface area contributed by atoms with E-state index in [0.29, 0.717) is 28.4 Å². The van der Waals surface area contributed by atoms with Gasteiger partial charge in [-0.05, 0) is 66.1 Å². The van der Waals surface area contributed by atoms with Crippen molar-refractivity contribution in [3.63, 3.8) is 0 Å². The first kappa shape index (κ1) is 18.1. The predicted octanol–water partition coefficient (Wildman–Crippen LogP) is 5.91. The summed E-state index contributed by atoms with van der Waals surface area (Å²) in [7, 11) is 0. The maximum Gasteiger partial charge on any atom is 0.256 e. The molecule has 0 aliphatic carbocycles. The molecule has 3 aromatic carbocycles. The molecule has 5 rings (SSSR count). The van der Waals surface area contributed by atoms with Gasteiger partial charge in [0.15, 0.2) is 11.2 Å². The van der Waals surface area contributed by atoms with Crippen molar-refractivity contribution in [3.8, 4) is 11.5 Å². The highest BCUT2D eigenvalue weighted by Gasteiger charge is 2.15. The number of hydrogen-bond donors (Lipinski definition) is 1. The zero-order valence-electron chi connectivity index (χ0n) is 16.6. The molecule has 146 valence electrons. The standard InChI is InChI=1S/C25H19N3O2/c1-15-10-12-20(19-7-4-3-6-18(15)19)24(29)27-17-11-9-16(2)21(14-17)25-28-23-22(30-25)8-5-13-26-23/h3-14H,1-2H3,(H,27,29). The second kappa shape index (κ2) is 7.12. The Kier molecular flexibility index (Phi) is 4.29. The number of amides is 1. The van der Waals surface area contributed by atoms with Crippen LogP contribution in [0.2, 0.25) is 0 Å². The average Bonchev–Trinajstić information content (AvgIpc) is 3.19. The molecule has 0 aliphatic heterocycles. The summed E-state index contributed by atoms with van der Waals surface area (Å²) in [5.41, 5.74) is 5.48. The van der Waals surface area contributed by atoms with Gasteiger partial charge in [-0.15, -0.1) is 0 Å². The van der Waals surface area contributed by atoms with Crippen LogP contribution in [0.15, 0.2) is 77.3 Å². The predicted molar refractivity (Wildman–Crippen MR) is 119 cm³/mol. The smallest absolute Gasteiger partial charge is 0.256 e. The van der Waals surface area contributed by atoms with Crippen molar-refractivity contribution < 1.29 is 9.21 Å². The Morgan fingerprint density at radius 2 is 1.70 bits per heavy atom. The molecule has 0 unspecified atom stereocenters. The Bertz CT molecular complexity index is 1390. The van der Waals surface area contributed by atoms with E-state index in [4.69, 9.17) is 4.42 Å². The van der Waals surface area contributed by atoms with Crippen molar-refractivity contribution in [1.29, 1.82) is 0 Å². The van der Waals surface area contributed by atoms with E-state index in [9.17, 15) is 4.79 Å².